The number of nitrogens with zero attached hydrogens (tertiary/aromatic N) is 2. The number of hydrogen-bond acceptors (Lipinski definition) is 9. The maximum Gasteiger partial charge on any atom is 0.259 e. The molecule has 1 aromatic heterocycles. The first-order chi connectivity index (χ1) is 29.5. The SMILES string of the molecule is C=C[C@@H]1C[C@]1(NC(=O)[C@@H]1C[C@@H](Oc2cc(-c3ccccc3)nc3cc(OC)ccc23)CN1C(=O)[C@@H](NC(=O)CC1CC1)C(C)(C)C)C(=O)NS(=O)(=O)C1(Cc2ccccc2)CC1. The van der Waals surface area contributed by atoms with Crippen LogP contribution in [0.1, 0.15) is 71.3 Å². The molecule has 1 saturated heterocycles. The number of ether oxygens (including phenoxy) is 2. The molecule has 4 aliphatic rings. The van der Waals surface area contributed by atoms with Crippen molar-refractivity contribution in [2.24, 2.45) is 17.3 Å². The number of amides is 4. The van der Waals surface area contributed by atoms with Gasteiger partial charge in [0.2, 0.25) is 27.7 Å². The predicted octanol–water partition coefficient (Wildman–Crippen LogP) is 5.87. The highest BCUT2D eigenvalue weighted by Gasteiger charge is 2.63. The quantitative estimate of drug-likeness (QED) is 0.117. The van der Waals surface area contributed by atoms with E-state index < -0.39 is 67.6 Å². The summed E-state index contributed by atoms with van der Waals surface area (Å²) < 4.78 is 41.3. The number of rotatable bonds is 16. The number of carbonyl (C=O) groups is 4. The molecule has 3 N–H and O–H groups in total. The zero-order valence-electron chi connectivity index (χ0n) is 35.7. The van der Waals surface area contributed by atoms with Crippen molar-refractivity contribution in [1.29, 1.82) is 0 Å². The molecule has 1 aliphatic heterocycles. The van der Waals surface area contributed by atoms with Crippen LogP contribution in [0.15, 0.2) is 97.6 Å². The van der Waals surface area contributed by atoms with Crippen LogP contribution in [0.3, 0.4) is 0 Å². The van der Waals surface area contributed by atoms with Crippen molar-refractivity contribution >= 4 is 44.6 Å². The first-order valence-electron chi connectivity index (χ1n) is 21.4. The first kappa shape index (κ1) is 42.9. The fraction of sp³-hybridized carbons (Fsp3) is 0.438. The number of benzene rings is 3. The molecule has 62 heavy (non-hydrogen) atoms. The van der Waals surface area contributed by atoms with E-state index in [4.69, 9.17) is 14.5 Å². The lowest BCUT2D eigenvalue weighted by molar-refractivity contribution is -0.144. The van der Waals surface area contributed by atoms with E-state index in [1.54, 1.807) is 13.2 Å². The number of sulfonamides is 1. The minimum absolute atomic E-state index is 0.0108. The fourth-order valence-electron chi connectivity index (χ4n) is 8.64. The fourth-order valence-corrected chi connectivity index (χ4v) is 10.3. The molecule has 8 rings (SSSR count). The van der Waals surface area contributed by atoms with Gasteiger partial charge in [0.1, 0.15) is 35.2 Å². The van der Waals surface area contributed by atoms with Crippen LogP contribution in [0, 0.1) is 17.3 Å². The van der Waals surface area contributed by atoms with Crippen molar-refractivity contribution in [1.82, 2.24) is 25.2 Å². The van der Waals surface area contributed by atoms with E-state index in [0.29, 0.717) is 53.3 Å². The van der Waals surface area contributed by atoms with Gasteiger partial charge in [0.05, 0.1) is 29.6 Å². The number of methoxy groups -OCH3 is 1. The molecule has 0 radical (unpaired) electrons. The molecule has 0 unspecified atom stereocenters. The smallest absolute Gasteiger partial charge is 0.259 e. The van der Waals surface area contributed by atoms with Crippen molar-refractivity contribution in [3.63, 3.8) is 0 Å². The Hall–Kier alpha value is -5.76. The van der Waals surface area contributed by atoms with E-state index in [-0.39, 0.29) is 31.7 Å². The summed E-state index contributed by atoms with van der Waals surface area (Å²) >= 11 is 0. The van der Waals surface area contributed by atoms with Gasteiger partial charge in [0.15, 0.2) is 0 Å². The maximum atomic E-state index is 14.8. The second-order valence-corrected chi connectivity index (χ2v) is 20.6. The molecule has 3 aliphatic carbocycles. The summed E-state index contributed by atoms with van der Waals surface area (Å²) in [5.41, 5.74) is 0.635. The van der Waals surface area contributed by atoms with E-state index in [9.17, 15) is 27.6 Å². The van der Waals surface area contributed by atoms with Gasteiger partial charge in [-0.1, -0.05) is 87.5 Å². The lowest BCUT2D eigenvalue weighted by Crippen LogP contribution is -2.60. The van der Waals surface area contributed by atoms with Crippen LogP contribution in [0.2, 0.25) is 0 Å². The molecule has 326 valence electrons. The van der Waals surface area contributed by atoms with Crippen LogP contribution in [0.25, 0.3) is 22.2 Å². The maximum absolute atomic E-state index is 14.8. The van der Waals surface area contributed by atoms with Gasteiger partial charge in [-0.3, -0.25) is 23.9 Å². The Labute approximate surface area is 363 Å². The minimum Gasteiger partial charge on any atom is -0.497 e. The van der Waals surface area contributed by atoms with E-state index in [2.05, 4.69) is 21.9 Å². The topological polar surface area (TPSA) is 173 Å². The molecule has 3 aromatic carbocycles. The summed E-state index contributed by atoms with van der Waals surface area (Å²) in [5, 5.41) is 6.58. The van der Waals surface area contributed by atoms with Gasteiger partial charge in [0, 0.05) is 41.8 Å². The highest BCUT2D eigenvalue weighted by Crippen LogP contribution is 2.49. The molecule has 4 amide bonds. The Bertz CT molecular complexity index is 2500. The molecule has 4 fully saturated rings. The predicted molar refractivity (Wildman–Crippen MR) is 235 cm³/mol. The third kappa shape index (κ3) is 8.79. The average Bonchev–Trinajstić information content (AvgIpc) is 4.20. The van der Waals surface area contributed by atoms with Crippen LogP contribution in [-0.2, 0) is 35.6 Å². The summed E-state index contributed by atoms with van der Waals surface area (Å²) in [7, 11) is -2.58. The second kappa shape index (κ2) is 16.5. The molecule has 3 saturated carbocycles. The molecule has 13 nitrogen and oxygen atoms in total. The Morgan fingerprint density at radius 3 is 2.29 bits per heavy atom. The number of fused-ring (bicyclic) bond motifs is 1. The molecule has 5 atom stereocenters. The summed E-state index contributed by atoms with van der Waals surface area (Å²) in [6, 6.07) is 24.1. The lowest BCUT2D eigenvalue weighted by atomic mass is 9.85. The zero-order chi connectivity index (χ0) is 44.0. The van der Waals surface area contributed by atoms with Crippen molar-refractivity contribution in [3.8, 4) is 22.8 Å². The minimum atomic E-state index is -4.16. The van der Waals surface area contributed by atoms with Gasteiger partial charge in [-0.05, 0) is 67.6 Å². The summed E-state index contributed by atoms with van der Waals surface area (Å²) in [4.78, 5) is 63.3. The lowest BCUT2D eigenvalue weighted by Gasteiger charge is -2.35. The third-order valence-electron chi connectivity index (χ3n) is 12.8. The molecular weight excluding hydrogens is 807 g/mol. The Kier molecular flexibility index (Phi) is 11.4. The number of aromatic nitrogens is 1. The molecule has 2 heterocycles. The van der Waals surface area contributed by atoms with E-state index in [1.807, 2.05) is 99.6 Å². The van der Waals surface area contributed by atoms with Gasteiger partial charge in [-0.2, -0.15) is 0 Å². The number of likely N-dealkylation sites (tertiary alicyclic amines) is 1. The number of carbonyl (C=O) groups excluding carboxylic acids is 4. The standard InChI is InChI=1S/C48H55N5O8S/c1-6-33-28-48(33,45(57)52-62(58,59)47(21-22-47)27-31-13-9-7-10-14-31)51-43(55)39-25-35(29-53(39)44(56)42(46(2,3)4)50-41(54)23-30-17-18-30)61-40-26-37(32-15-11-8-12-16-32)49-38-24-34(60-5)19-20-36(38)40/h6-16,19-20,24,26,30,33,35,39,42H,1,17-18,21-23,25,27-29H2,2-5H3,(H,50,54)(H,51,55)(H,52,57)/t33-,35-,39+,42-,48-/m1/s1. The van der Waals surface area contributed by atoms with Crippen molar-refractivity contribution in [2.45, 2.75) is 101 Å². The van der Waals surface area contributed by atoms with Crippen molar-refractivity contribution in [2.75, 3.05) is 13.7 Å². The summed E-state index contributed by atoms with van der Waals surface area (Å²) in [5.74, 6) is -1.34. The first-order valence-corrected chi connectivity index (χ1v) is 22.9. The Balaban J connectivity index is 1.09. The monoisotopic (exact) mass is 861 g/mol. The summed E-state index contributed by atoms with van der Waals surface area (Å²) in [6.45, 7) is 9.44. The van der Waals surface area contributed by atoms with Gasteiger partial charge in [0.25, 0.3) is 5.91 Å². The molecular formula is C48H55N5O8S. The van der Waals surface area contributed by atoms with Gasteiger partial charge in [-0.25, -0.2) is 13.4 Å². The zero-order valence-corrected chi connectivity index (χ0v) is 36.5. The molecule has 14 heteroatoms. The Morgan fingerprint density at radius 1 is 0.984 bits per heavy atom. The average molecular weight is 862 g/mol. The van der Waals surface area contributed by atoms with Crippen LogP contribution in [0.4, 0.5) is 0 Å². The van der Waals surface area contributed by atoms with Gasteiger partial charge in [-0.15, -0.1) is 6.58 Å². The molecule has 0 bridgehead atoms. The highest BCUT2D eigenvalue weighted by atomic mass is 32.2. The van der Waals surface area contributed by atoms with Crippen molar-refractivity contribution < 1.29 is 37.1 Å². The van der Waals surface area contributed by atoms with E-state index in [1.165, 1.54) is 11.0 Å². The highest BCUT2D eigenvalue weighted by molar-refractivity contribution is 7.91. The van der Waals surface area contributed by atoms with Gasteiger partial charge < -0.3 is 25.0 Å². The number of nitrogens with one attached hydrogen (secondary N) is 3. The molecule has 0 spiro atoms. The third-order valence-corrected chi connectivity index (χ3v) is 15.0. The van der Waals surface area contributed by atoms with E-state index in [0.717, 1.165) is 24.0 Å². The van der Waals surface area contributed by atoms with Gasteiger partial charge >= 0.3 is 0 Å². The second-order valence-electron chi connectivity index (χ2n) is 18.5. The van der Waals surface area contributed by atoms with Crippen LogP contribution in [0.5, 0.6) is 11.5 Å². The van der Waals surface area contributed by atoms with E-state index >= 15 is 0 Å². The Morgan fingerprint density at radius 2 is 1.68 bits per heavy atom. The van der Waals surface area contributed by atoms with Crippen LogP contribution < -0.4 is 24.8 Å². The number of pyridine rings is 1. The molecule has 4 aromatic rings. The largest absolute Gasteiger partial charge is 0.497 e. The summed E-state index contributed by atoms with van der Waals surface area (Å²) in [6.07, 6.45) is 4.29. The van der Waals surface area contributed by atoms with Crippen molar-refractivity contribution in [3.05, 3.63) is 103 Å². The normalized spacial score (nSPS) is 23.2. The number of hydrogen-bond donors (Lipinski definition) is 3. The van der Waals surface area contributed by atoms with Crippen LogP contribution >= 0.6 is 0 Å². The van der Waals surface area contributed by atoms with Crippen LogP contribution in [-0.4, -0.2) is 84.1 Å².